The molecule has 38 heavy (non-hydrogen) atoms. The quantitative estimate of drug-likeness (QED) is 0.391. The first-order valence-electron chi connectivity index (χ1n) is 14.0. The zero-order valence-corrected chi connectivity index (χ0v) is 22.3. The number of piperidine rings is 1. The van der Waals surface area contributed by atoms with Gasteiger partial charge in [0.2, 0.25) is 5.91 Å². The molecule has 200 valence electrons. The van der Waals surface area contributed by atoms with Crippen molar-refractivity contribution in [3.05, 3.63) is 65.5 Å². The third kappa shape index (κ3) is 6.50. The molecular formula is C31H38N4O3. The molecule has 3 aromatic rings. The number of aryl methyl sites for hydroxylation is 2. The maximum Gasteiger partial charge on any atom is 0.306 e. The van der Waals surface area contributed by atoms with E-state index in [1.54, 1.807) is 0 Å². The third-order valence-electron chi connectivity index (χ3n) is 8.08. The first-order chi connectivity index (χ1) is 18.6. The first-order valence-corrected chi connectivity index (χ1v) is 14.0. The predicted octanol–water partition coefficient (Wildman–Crippen LogP) is 5.29. The second kappa shape index (κ2) is 12.4. The summed E-state index contributed by atoms with van der Waals surface area (Å²) in [5.41, 5.74) is 4.40. The van der Waals surface area contributed by atoms with E-state index in [1.807, 2.05) is 29.3 Å². The zero-order valence-electron chi connectivity index (χ0n) is 22.3. The molecule has 7 heteroatoms. The van der Waals surface area contributed by atoms with E-state index in [1.165, 1.54) is 12.7 Å². The molecule has 0 radical (unpaired) electrons. The van der Waals surface area contributed by atoms with E-state index in [0.29, 0.717) is 18.8 Å². The van der Waals surface area contributed by atoms with Crippen LogP contribution in [0.2, 0.25) is 0 Å². The molecular weight excluding hydrogens is 476 g/mol. The fraction of sp³-hybridized carbons (Fsp3) is 0.484. The topological polar surface area (TPSA) is 84.4 Å². The van der Waals surface area contributed by atoms with Crippen LogP contribution in [0.25, 0.3) is 10.9 Å². The van der Waals surface area contributed by atoms with Crippen LogP contribution in [0.1, 0.15) is 67.7 Å². The van der Waals surface area contributed by atoms with Gasteiger partial charge in [-0.2, -0.15) is 0 Å². The van der Waals surface area contributed by atoms with Crippen molar-refractivity contribution in [2.45, 2.75) is 63.7 Å². The largest absolute Gasteiger partial charge is 0.469 e. The Morgan fingerprint density at radius 2 is 2.00 bits per heavy atom. The van der Waals surface area contributed by atoms with E-state index in [4.69, 9.17) is 9.72 Å². The van der Waals surface area contributed by atoms with Crippen molar-refractivity contribution in [1.29, 1.82) is 0 Å². The number of para-hydroxylation sites is 1. The fourth-order valence-corrected chi connectivity index (χ4v) is 5.84. The van der Waals surface area contributed by atoms with E-state index >= 15 is 0 Å². The number of esters is 1. The number of benzene rings is 1. The van der Waals surface area contributed by atoms with Gasteiger partial charge in [-0.25, -0.2) is 4.98 Å². The highest BCUT2D eigenvalue weighted by Gasteiger charge is 2.27. The van der Waals surface area contributed by atoms with Gasteiger partial charge in [-0.3, -0.25) is 14.6 Å². The molecule has 1 amide bonds. The lowest BCUT2D eigenvalue weighted by Gasteiger charge is -2.34. The average Bonchev–Trinajstić information content (AvgIpc) is 2.96. The number of fused-ring (bicyclic) bond motifs is 2. The van der Waals surface area contributed by atoms with Crippen LogP contribution >= 0.6 is 0 Å². The number of amides is 1. The molecule has 1 fully saturated rings. The number of carbonyl (C=O) groups is 2. The van der Waals surface area contributed by atoms with Crippen LogP contribution in [0.15, 0.2) is 48.7 Å². The Kier molecular flexibility index (Phi) is 8.51. The number of anilines is 1. The maximum absolute atomic E-state index is 12.9. The van der Waals surface area contributed by atoms with Gasteiger partial charge in [-0.1, -0.05) is 24.3 Å². The Hall–Kier alpha value is -3.48. The van der Waals surface area contributed by atoms with Gasteiger partial charge in [0.15, 0.2) is 0 Å². The van der Waals surface area contributed by atoms with Crippen molar-refractivity contribution in [2.24, 2.45) is 5.92 Å². The second-order valence-corrected chi connectivity index (χ2v) is 10.7. The number of methoxy groups -OCH3 is 1. The van der Waals surface area contributed by atoms with Crippen LogP contribution < -0.4 is 5.32 Å². The number of likely N-dealkylation sites (tertiary alicyclic amines) is 1. The number of pyridine rings is 2. The number of carbonyl (C=O) groups excluding carboxylic acids is 2. The molecule has 1 atom stereocenters. The SMILES string of the molecule is COC(=O)CC(CC1CCN(C(=O)CCCc2ccc3c(n2)NCCC3)CC1)c1cnc2ccccc2c1. The second-order valence-electron chi connectivity index (χ2n) is 10.7. The zero-order chi connectivity index (χ0) is 26.3. The summed E-state index contributed by atoms with van der Waals surface area (Å²) in [6, 6.07) is 14.5. The number of aromatic nitrogens is 2. The van der Waals surface area contributed by atoms with Crippen molar-refractivity contribution in [3.8, 4) is 0 Å². The van der Waals surface area contributed by atoms with Crippen molar-refractivity contribution < 1.29 is 14.3 Å². The normalized spacial score (nSPS) is 16.5. The van der Waals surface area contributed by atoms with Crippen molar-refractivity contribution in [1.82, 2.24) is 14.9 Å². The van der Waals surface area contributed by atoms with Gasteiger partial charge in [0, 0.05) is 43.3 Å². The van der Waals surface area contributed by atoms with E-state index in [9.17, 15) is 9.59 Å². The Morgan fingerprint density at radius 3 is 2.84 bits per heavy atom. The van der Waals surface area contributed by atoms with Gasteiger partial charge in [-0.15, -0.1) is 0 Å². The fourth-order valence-electron chi connectivity index (χ4n) is 5.84. The number of nitrogens with zero attached hydrogens (tertiary/aromatic N) is 3. The molecule has 0 aliphatic carbocycles. The molecule has 4 heterocycles. The van der Waals surface area contributed by atoms with Crippen LogP contribution in [0, 0.1) is 5.92 Å². The number of ether oxygens (including phenoxy) is 1. The summed E-state index contributed by atoms with van der Waals surface area (Å²) in [6.07, 6.45) is 9.53. The van der Waals surface area contributed by atoms with E-state index < -0.39 is 0 Å². The van der Waals surface area contributed by atoms with Crippen molar-refractivity contribution >= 4 is 28.6 Å². The van der Waals surface area contributed by atoms with E-state index in [0.717, 1.165) is 92.6 Å². The average molecular weight is 515 g/mol. The number of nitrogens with one attached hydrogen (secondary N) is 1. The number of rotatable bonds is 9. The Balaban J connectivity index is 1.12. The summed E-state index contributed by atoms with van der Waals surface area (Å²) in [4.78, 5) is 36.5. The van der Waals surface area contributed by atoms with Gasteiger partial charge < -0.3 is 15.0 Å². The summed E-state index contributed by atoms with van der Waals surface area (Å²) in [7, 11) is 1.45. The van der Waals surface area contributed by atoms with Crippen LogP contribution in [-0.4, -0.2) is 53.5 Å². The minimum absolute atomic E-state index is 0.0606. The molecule has 7 nitrogen and oxygen atoms in total. The number of hydrogen-bond donors (Lipinski definition) is 1. The monoisotopic (exact) mass is 514 g/mol. The molecule has 2 aromatic heterocycles. The minimum Gasteiger partial charge on any atom is -0.469 e. The standard InChI is InChI=1S/C31H38N4O3/c1-38-30(37)20-25(26-19-24-6-2-3-9-28(24)33-21-26)18-22-13-16-35(17-14-22)29(36)10-4-8-27-12-11-23-7-5-15-32-31(23)34-27/h2-3,6,9,11-12,19,21-22,25H,4-5,7-8,10,13-18,20H2,1H3,(H,32,34). The highest BCUT2D eigenvalue weighted by molar-refractivity contribution is 5.79. The molecule has 5 rings (SSSR count). The molecule has 0 bridgehead atoms. The van der Waals surface area contributed by atoms with Crippen LogP contribution in [0.5, 0.6) is 0 Å². The molecule has 0 spiro atoms. The minimum atomic E-state index is -0.194. The Bertz CT molecular complexity index is 1270. The van der Waals surface area contributed by atoms with Crippen molar-refractivity contribution in [2.75, 3.05) is 32.1 Å². The third-order valence-corrected chi connectivity index (χ3v) is 8.08. The van der Waals surface area contributed by atoms with Crippen LogP contribution in [-0.2, 0) is 27.2 Å². The summed E-state index contributed by atoms with van der Waals surface area (Å²) < 4.78 is 5.00. The Morgan fingerprint density at radius 1 is 1.16 bits per heavy atom. The van der Waals surface area contributed by atoms with Gasteiger partial charge in [-0.05, 0) is 86.1 Å². The van der Waals surface area contributed by atoms with Gasteiger partial charge in [0.25, 0.3) is 0 Å². The molecule has 1 N–H and O–H groups in total. The van der Waals surface area contributed by atoms with E-state index in [2.05, 4.69) is 34.6 Å². The molecule has 0 saturated carbocycles. The summed E-state index contributed by atoms with van der Waals surface area (Å²) in [5.74, 6) is 1.59. The maximum atomic E-state index is 12.9. The number of hydrogen-bond acceptors (Lipinski definition) is 6. The summed E-state index contributed by atoms with van der Waals surface area (Å²) in [6.45, 7) is 2.55. The highest BCUT2D eigenvalue weighted by atomic mass is 16.5. The molecule has 1 unspecified atom stereocenters. The van der Waals surface area contributed by atoms with Crippen LogP contribution in [0.3, 0.4) is 0 Å². The molecule has 2 aliphatic heterocycles. The Labute approximate surface area is 225 Å². The van der Waals surface area contributed by atoms with Gasteiger partial charge in [0.05, 0.1) is 19.0 Å². The van der Waals surface area contributed by atoms with Gasteiger partial charge >= 0.3 is 5.97 Å². The highest BCUT2D eigenvalue weighted by Crippen LogP contribution is 2.33. The van der Waals surface area contributed by atoms with E-state index in [-0.39, 0.29) is 17.8 Å². The molecule has 1 saturated heterocycles. The smallest absolute Gasteiger partial charge is 0.306 e. The predicted molar refractivity (Wildman–Crippen MR) is 149 cm³/mol. The molecule has 1 aromatic carbocycles. The lowest BCUT2D eigenvalue weighted by atomic mass is 9.82. The summed E-state index contributed by atoms with van der Waals surface area (Å²) >= 11 is 0. The van der Waals surface area contributed by atoms with Gasteiger partial charge in [0.1, 0.15) is 5.82 Å². The van der Waals surface area contributed by atoms with Crippen LogP contribution in [0.4, 0.5) is 5.82 Å². The molecule has 2 aliphatic rings. The first kappa shape index (κ1) is 26.1. The lowest BCUT2D eigenvalue weighted by Crippen LogP contribution is -2.38. The summed E-state index contributed by atoms with van der Waals surface area (Å²) in [5, 5.41) is 4.47. The lowest BCUT2D eigenvalue weighted by molar-refractivity contribution is -0.141. The van der Waals surface area contributed by atoms with Crippen molar-refractivity contribution in [3.63, 3.8) is 0 Å².